The highest BCUT2D eigenvalue weighted by Gasteiger charge is 2.35. The molecule has 3 aromatic rings. The van der Waals surface area contributed by atoms with E-state index in [0.717, 1.165) is 35.7 Å². The zero-order valence-corrected chi connectivity index (χ0v) is 25.8. The van der Waals surface area contributed by atoms with E-state index in [1.54, 1.807) is 30.5 Å². The standard InChI is InChI=1S/C33H43N5O5/c1-6-42-28-19-25(21-34-22-28)29(31(39)43-33(2,3)4)23-38-18-17-37(32(38)40)16-8-10-26-9-7-11-30(36-26)35-20-24-12-14-27(41-5)15-13-24/h7,9,11-15,19,21-22,29H,6,8,10,16-18,20,23H2,1-5H3,(H,35,36)/t29-/m1/s1. The van der Waals surface area contributed by atoms with E-state index < -0.39 is 11.5 Å². The molecule has 1 atom stereocenters. The van der Waals surface area contributed by atoms with Crippen LogP contribution in [-0.2, 0) is 22.5 Å². The molecular weight excluding hydrogens is 546 g/mol. The van der Waals surface area contributed by atoms with Gasteiger partial charge in [0.15, 0.2) is 0 Å². The molecule has 0 aliphatic carbocycles. The molecule has 3 heterocycles. The summed E-state index contributed by atoms with van der Waals surface area (Å²) in [4.78, 5) is 39.2. The lowest BCUT2D eigenvalue weighted by molar-refractivity contribution is -0.157. The van der Waals surface area contributed by atoms with E-state index in [-0.39, 0.29) is 18.5 Å². The van der Waals surface area contributed by atoms with Gasteiger partial charge in [0.1, 0.15) is 28.8 Å². The van der Waals surface area contributed by atoms with Crippen LogP contribution in [0.1, 0.15) is 56.9 Å². The number of aryl methyl sites for hydroxylation is 1. The quantitative estimate of drug-likeness (QED) is 0.253. The number of urea groups is 1. The Morgan fingerprint density at radius 2 is 1.81 bits per heavy atom. The van der Waals surface area contributed by atoms with E-state index in [4.69, 9.17) is 19.2 Å². The Hall–Kier alpha value is -4.34. The van der Waals surface area contributed by atoms with Crippen LogP contribution in [0.4, 0.5) is 10.6 Å². The van der Waals surface area contributed by atoms with Crippen molar-refractivity contribution in [3.8, 4) is 11.5 Å². The fraction of sp³-hybridized carbons (Fsp3) is 0.455. The number of rotatable bonds is 14. The number of pyridine rings is 2. The second-order valence-corrected chi connectivity index (χ2v) is 11.5. The number of ether oxygens (including phenoxy) is 3. The van der Waals surface area contributed by atoms with E-state index in [2.05, 4.69) is 10.3 Å². The first-order chi connectivity index (χ1) is 20.6. The summed E-state index contributed by atoms with van der Waals surface area (Å²) in [6, 6.07) is 15.6. The molecule has 1 aliphatic rings. The third-order valence-electron chi connectivity index (χ3n) is 7.02. The summed E-state index contributed by atoms with van der Waals surface area (Å²) in [5.74, 6) is 1.16. The summed E-state index contributed by atoms with van der Waals surface area (Å²) >= 11 is 0. The van der Waals surface area contributed by atoms with Crippen molar-refractivity contribution in [2.75, 3.05) is 45.2 Å². The Labute approximate surface area is 254 Å². The molecule has 1 aliphatic heterocycles. The predicted molar refractivity (Wildman–Crippen MR) is 165 cm³/mol. The number of anilines is 1. The van der Waals surface area contributed by atoms with Gasteiger partial charge in [-0.25, -0.2) is 9.78 Å². The molecule has 1 aromatic carbocycles. The maximum Gasteiger partial charge on any atom is 0.320 e. The summed E-state index contributed by atoms with van der Waals surface area (Å²) in [5, 5.41) is 3.38. The van der Waals surface area contributed by atoms with E-state index >= 15 is 0 Å². The second kappa shape index (κ2) is 14.7. The Morgan fingerprint density at radius 1 is 1.05 bits per heavy atom. The lowest BCUT2D eigenvalue weighted by Gasteiger charge is -2.27. The van der Waals surface area contributed by atoms with Crippen LogP contribution in [0.15, 0.2) is 60.9 Å². The van der Waals surface area contributed by atoms with Crippen LogP contribution >= 0.6 is 0 Å². The van der Waals surface area contributed by atoms with Crippen LogP contribution in [-0.4, -0.2) is 77.3 Å². The largest absolute Gasteiger partial charge is 0.497 e. The molecule has 1 N–H and O–H groups in total. The molecule has 230 valence electrons. The molecule has 0 spiro atoms. The average molecular weight is 590 g/mol. The molecule has 2 aromatic heterocycles. The summed E-state index contributed by atoms with van der Waals surface area (Å²) < 4.78 is 16.5. The van der Waals surface area contributed by atoms with Gasteiger partial charge in [-0.2, -0.15) is 0 Å². The normalized spacial score (nSPS) is 14.0. The van der Waals surface area contributed by atoms with Crippen molar-refractivity contribution in [2.45, 2.75) is 58.6 Å². The number of aromatic nitrogens is 2. The number of benzene rings is 1. The first kappa shape index (κ1) is 31.6. The number of carbonyl (C=O) groups is 2. The predicted octanol–water partition coefficient (Wildman–Crippen LogP) is 5.29. The highest BCUT2D eigenvalue weighted by atomic mass is 16.6. The highest BCUT2D eigenvalue weighted by Crippen LogP contribution is 2.26. The van der Waals surface area contributed by atoms with E-state index in [1.165, 1.54) is 0 Å². The van der Waals surface area contributed by atoms with Crippen molar-refractivity contribution in [3.63, 3.8) is 0 Å². The zero-order chi connectivity index (χ0) is 30.8. The van der Waals surface area contributed by atoms with Gasteiger partial charge in [0.2, 0.25) is 0 Å². The molecule has 1 saturated heterocycles. The number of esters is 1. The molecule has 2 amide bonds. The van der Waals surface area contributed by atoms with Crippen LogP contribution in [0.2, 0.25) is 0 Å². The molecule has 4 rings (SSSR count). The molecule has 43 heavy (non-hydrogen) atoms. The number of carbonyl (C=O) groups excluding carboxylic acids is 2. The number of amides is 2. The van der Waals surface area contributed by atoms with E-state index in [9.17, 15) is 9.59 Å². The lowest BCUT2D eigenvalue weighted by Crippen LogP contribution is -2.38. The monoisotopic (exact) mass is 589 g/mol. The number of methoxy groups -OCH3 is 1. The summed E-state index contributed by atoms with van der Waals surface area (Å²) in [7, 11) is 1.66. The van der Waals surface area contributed by atoms with Gasteiger partial charge >= 0.3 is 12.0 Å². The maximum atomic E-state index is 13.3. The van der Waals surface area contributed by atoms with E-state index in [0.29, 0.717) is 44.1 Å². The number of hydrogen-bond donors (Lipinski definition) is 1. The van der Waals surface area contributed by atoms with Gasteiger partial charge in [-0.3, -0.25) is 9.78 Å². The topological polar surface area (TPSA) is 106 Å². The van der Waals surface area contributed by atoms with Crippen molar-refractivity contribution in [3.05, 3.63) is 77.7 Å². The van der Waals surface area contributed by atoms with Crippen molar-refractivity contribution in [2.24, 2.45) is 0 Å². The SMILES string of the molecule is CCOc1cncc([C@@H](CN2CCN(CCCc3cccc(NCc4ccc(OC)cc4)n3)C2=O)C(=O)OC(C)(C)C)c1. The fourth-order valence-electron chi connectivity index (χ4n) is 4.89. The van der Waals surface area contributed by atoms with Crippen LogP contribution in [0.25, 0.3) is 0 Å². The first-order valence-electron chi connectivity index (χ1n) is 14.8. The summed E-state index contributed by atoms with van der Waals surface area (Å²) in [5.41, 5.74) is 2.11. The van der Waals surface area contributed by atoms with Gasteiger partial charge in [-0.05, 0) is 82.0 Å². The highest BCUT2D eigenvalue weighted by molar-refractivity contribution is 5.81. The van der Waals surface area contributed by atoms with Gasteiger partial charge in [0, 0.05) is 44.6 Å². The second-order valence-electron chi connectivity index (χ2n) is 11.5. The number of nitrogens with one attached hydrogen (secondary N) is 1. The Morgan fingerprint density at radius 3 is 2.53 bits per heavy atom. The van der Waals surface area contributed by atoms with E-state index in [1.807, 2.05) is 75.1 Å². The minimum Gasteiger partial charge on any atom is -0.497 e. The molecule has 0 radical (unpaired) electrons. The number of nitrogens with zero attached hydrogens (tertiary/aromatic N) is 4. The molecule has 0 bridgehead atoms. The molecule has 1 fully saturated rings. The van der Waals surface area contributed by atoms with Crippen molar-refractivity contribution < 1.29 is 23.8 Å². The third-order valence-corrected chi connectivity index (χ3v) is 7.02. The zero-order valence-electron chi connectivity index (χ0n) is 25.8. The molecular formula is C33H43N5O5. The van der Waals surface area contributed by atoms with Gasteiger partial charge in [-0.15, -0.1) is 0 Å². The van der Waals surface area contributed by atoms with Crippen LogP contribution in [0, 0.1) is 0 Å². The van der Waals surface area contributed by atoms with Gasteiger partial charge in [0.25, 0.3) is 0 Å². The van der Waals surface area contributed by atoms with Gasteiger partial charge < -0.3 is 29.3 Å². The lowest BCUT2D eigenvalue weighted by atomic mass is 9.99. The maximum absolute atomic E-state index is 13.3. The fourth-order valence-corrected chi connectivity index (χ4v) is 4.89. The van der Waals surface area contributed by atoms with Crippen LogP contribution < -0.4 is 14.8 Å². The molecule has 10 heteroatoms. The van der Waals surface area contributed by atoms with Gasteiger partial charge in [0.05, 0.1) is 19.9 Å². The van der Waals surface area contributed by atoms with Crippen LogP contribution in [0.3, 0.4) is 0 Å². The van der Waals surface area contributed by atoms with Gasteiger partial charge in [-0.1, -0.05) is 18.2 Å². The third kappa shape index (κ3) is 9.33. The molecule has 0 unspecified atom stereocenters. The molecule has 10 nitrogen and oxygen atoms in total. The first-order valence-corrected chi connectivity index (χ1v) is 14.8. The Kier molecular flexibility index (Phi) is 10.8. The molecule has 0 saturated carbocycles. The smallest absolute Gasteiger partial charge is 0.320 e. The summed E-state index contributed by atoms with van der Waals surface area (Å²) in [6.45, 7) is 10.5. The average Bonchev–Trinajstić information content (AvgIpc) is 3.33. The van der Waals surface area contributed by atoms with Crippen LogP contribution in [0.5, 0.6) is 11.5 Å². The van der Waals surface area contributed by atoms with Crippen molar-refractivity contribution in [1.82, 2.24) is 19.8 Å². The minimum absolute atomic E-state index is 0.0784. The number of hydrogen-bond acceptors (Lipinski definition) is 8. The Balaban J connectivity index is 1.31. The Bertz CT molecular complexity index is 1360. The van der Waals surface area contributed by atoms with Crippen molar-refractivity contribution in [1.29, 1.82) is 0 Å². The van der Waals surface area contributed by atoms with Crippen molar-refractivity contribution >= 4 is 17.8 Å². The minimum atomic E-state index is -0.673. The summed E-state index contributed by atoms with van der Waals surface area (Å²) in [6.07, 6.45) is 4.79.